The first-order chi connectivity index (χ1) is 18.6. The SMILES string of the molecule is C=CCOC(=O)c1ccc(N2CCN(C(=O)c3cc(C#Cc4cncc(O)c4)cc(C(F)(F)F)c3)CC2)nn1. The molecule has 0 atom stereocenters. The molecule has 39 heavy (non-hydrogen) atoms. The van der Waals surface area contributed by atoms with Gasteiger partial charge in [-0.2, -0.15) is 13.2 Å². The normalized spacial score (nSPS) is 13.3. The van der Waals surface area contributed by atoms with Crippen molar-refractivity contribution in [2.45, 2.75) is 6.18 Å². The average molecular weight is 537 g/mol. The van der Waals surface area contributed by atoms with Gasteiger partial charge >= 0.3 is 12.1 Å². The molecule has 4 rings (SSSR count). The smallest absolute Gasteiger partial charge is 0.416 e. The number of amides is 1. The minimum atomic E-state index is -4.68. The third kappa shape index (κ3) is 6.89. The molecule has 3 aromatic rings. The number of halogens is 3. The summed E-state index contributed by atoms with van der Waals surface area (Å²) in [7, 11) is 0. The highest BCUT2D eigenvalue weighted by atomic mass is 19.4. The number of aromatic hydroxyl groups is 1. The van der Waals surface area contributed by atoms with Crippen molar-refractivity contribution in [3.8, 4) is 17.6 Å². The molecule has 1 amide bonds. The molecule has 200 valence electrons. The van der Waals surface area contributed by atoms with E-state index in [-0.39, 0.29) is 42.3 Å². The Bertz CT molecular complexity index is 1440. The molecular weight excluding hydrogens is 515 g/mol. The van der Waals surface area contributed by atoms with Crippen molar-refractivity contribution in [1.82, 2.24) is 20.1 Å². The van der Waals surface area contributed by atoms with E-state index in [0.29, 0.717) is 24.5 Å². The molecule has 0 spiro atoms. The number of hydrogen-bond donors (Lipinski definition) is 1. The summed E-state index contributed by atoms with van der Waals surface area (Å²) in [5.41, 5.74) is -0.789. The third-order valence-electron chi connectivity index (χ3n) is 5.67. The van der Waals surface area contributed by atoms with Crippen molar-refractivity contribution in [3.05, 3.63) is 89.4 Å². The van der Waals surface area contributed by atoms with Crippen LogP contribution in [0.2, 0.25) is 0 Å². The van der Waals surface area contributed by atoms with Gasteiger partial charge < -0.3 is 19.6 Å². The molecule has 1 aromatic carbocycles. The van der Waals surface area contributed by atoms with Gasteiger partial charge in [-0.05, 0) is 36.4 Å². The van der Waals surface area contributed by atoms with Crippen LogP contribution in [0, 0.1) is 11.8 Å². The number of carbonyl (C=O) groups is 2. The quantitative estimate of drug-likeness (QED) is 0.300. The van der Waals surface area contributed by atoms with E-state index in [1.807, 2.05) is 4.90 Å². The number of benzene rings is 1. The summed E-state index contributed by atoms with van der Waals surface area (Å²) >= 11 is 0. The topological polar surface area (TPSA) is 109 Å². The Balaban J connectivity index is 1.47. The second-order valence-corrected chi connectivity index (χ2v) is 8.42. The number of piperazine rings is 1. The van der Waals surface area contributed by atoms with Gasteiger partial charge in [0.25, 0.3) is 5.91 Å². The number of nitrogens with zero attached hydrogens (tertiary/aromatic N) is 5. The molecule has 9 nitrogen and oxygen atoms in total. The Morgan fingerprint density at radius 1 is 1.03 bits per heavy atom. The molecule has 0 aliphatic carbocycles. The van der Waals surface area contributed by atoms with Gasteiger partial charge in [-0.25, -0.2) is 4.79 Å². The lowest BCUT2D eigenvalue weighted by Crippen LogP contribution is -2.49. The first kappa shape index (κ1) is 27.1. The van der Waals surface area contributed by atoms with Crippen LogP contribution < -0.4 is 4.90 Å². The van der Waals surface area contributed by atoms with E-state index >= 15 is 0 Å². The number of alkyl halides is 3. The molecule has 3 heterocycles. The number of anilines is 1. The van der Waals surface area contributed by atoms with E-state index in [2.05, 4.69) is 33.6 Å². The van der Waals surface area contributed by atoms with Gasteiger partial charge in [-0.1, -0.05) is 24.5 Å². The predicted octanol–water partition coefficient (Wildman–Crippen LogP) is 3.30. The van der Waals surface area contributed by atoms with Crippen molar-refractivity contribution in [2.75, 3.05) is 37.7 Å². The maximum atomic E-state index is 13.6. The first-order valence-electron chi connectivity index (χ1n) is 11.7. The summed E-state index contributed by atoms with van der Waals surface area (Å²) < 4.78 is 45.7. The third-order valence-corrected chi connectivity index (χ3v) is 5.67. The van der Waals surface area contributed by atoms with Crippen molar-refractivity contribution < 1.29 is 32.6 Å². The number of carbonyl (C=O) groups excluding carboxylic acids is 2. The van der Waals surface area contributed by atoms with Crippen LogP contribution in [-0.2, 0) is 10.9 Å². The highest BCUT2D eigenvalue weighted by Crippen LogP contribution is 2.31. The van der Waals surface area contributed by atoms with Gasteiger partial charge in [0.05, 0.1) is 11.8 Å². The Morgan fingerprint density at radius 2 is 1.77 bits per heavy atom. The molecule has 0 unspecified atom stereocenters. The van der Waals surface area contributed by atoms with Crippen LogP contribution in [-0.4, -0.2) is 69.9 Å². The number of rotatable bonds is 5. The van der Waals surface area contributed by atoms with Crippen LogP contribution in [0.4, 0.5) is 19.0 Å². The zero-order valence-corrected chi connectivity index (χ0v) is 20.5. The number of pyridine rings is 1. The van der Waals surface area contributed by atoms with Gasteiger partial charge in [0, 0.05) is 49.1 Å². The Hall–Kier alpha value is -4.92. The van der Waals surface area contributed by atoms with Crippen LogP contribution in [0.5, 0.6) is 5.75 Å². The Labute approximate surface area is 221 Å². The van der Waals surface area contributed by atoms with Crippen LogP contribution in [0.3, 0.4) is 0 Å². The molecule has 1 N–H and O–H groups in total. The average Bonchev–Trinajstić information content (AvgIpc) is 2.94. The van der Waals surface area contributed by atoms with E-state index in [1.165, 1.54) is 41.6 Å². The maximum Gasteiger partial charge on any atom is 0.416 e. The Kier molecular flexibility index (Phi) is 8.10. The summed E-state index contributed by atoms with van der Waals surface area (Å²) in [5, 5.41) is 17.4. The lowest BCUT2D eigenvalue weighted by molar-refractivity contribution is -0.137. The standard InChI is InChI=1S/C27H22F3N5O4/c1-2-11-39-26(38)23-5-6-24(33-32-23)34-7-9-35(10-8-34)25(37)20-12-18(13-21(15-20)27(28,29)30)3-4-19-14-22(36)17-31-16-19/h2,5-6,12-17,36H,1,7-11H2. The predicted molar refractivity (Wildman–Crippen MR) is 134 cm³/mol. The van der Waals surface area contributed by atoms with Crippen LogP contribution in [0.1, 0.15) is 37.5 Å². The highest BCUT2D eigenvalue weighted by Gasteiger charge is 2.32. The van der Waals surface area contributed by atoms with Crippen molar-refractivity contribution in [1.29, 1.82) is 0 Å². The highest BCUT2D eigenvalue weighted by molar-refractivity contribution is 5.95. The van der Waals surface area contributed by atoms with E-state index in [4.69, 9.17) is 4.74 Å². The second-order valence-electron chi connectivity index (χ2n) is 8.42. The van der Waals surface area contributed by atoms with E-state index in [9.17, 15) is 27.9 Å². The minimum Gasteiger partial charge on any atom is -0.506 e. The number of aromatic nitrogens is 3. The van der Waals surface area contributed by atoms with Crippen molar-refractivity contribution >= 4 is 17.7 Å². The summed E-state index contributed by atoms with van der Waals surface area (Å²) in [5.74, 6) is 4.43. The van der Waals surface area contributed by atoms with Crippen LogP contribution in [0.25, 0.3) is 0 Å². The number of hydrogen-bond acceptors (Lipinski definition) is 8. The molecule has 0 saturated carbocycles. The van der Waals surface area contributed by atoms with Gasteiger partial charge in [-0.3, -0.25) is 9.78 Å². The lowest BCUT2D eigenvalue weighted by Gasteiger charge is -2.35. The summed E-state index contributed by atoms with van der Waals surface area (Å²) in [6, 6.07) is 7.39. The summed E-state index contributed by atoms with van der Waals surface area (Å²) in [4.78, 5) is 32.1. The zero-order valence-electron chi connectivity index (χ0n) is 20.5. The van der Waals surface area contributed by atoms with Crippen molar-refractivity contribution in [3.63, 3.8) is 0 Å². The van der Waals surface area contributed by atoms with E-state index in [0.717, 1.165) is 12.1 Å². The fraction of sp³-hybridized carbons (Fsp3) is 0.222. The monoisotopic (exact) mass is 537 g/mol. The van der Waals surface area contributed by atoms with Gasteiger partial charge in [0.2, 0.25) is 0 Å². The molecule has 1 aliphatic rings. The first-order valence-corrected chi connectivity index (χ1v) is 11.7. The molecule has 1 saturated heterocycles. The molecule has 2 aromatic heterocycles. The van der Waals surface area contributed by atoms with Crippen LogP contribution in [0.15, 0.2) is 61.4 Å². The number of esters is 1. The molecule has 12 heteroatoms. The molecule has 1 fully saturated rings. The van der Waals surface area contributed by atoms with Crippen molar-refractivity contribution in [2.24, 2.45) is 0 Å². The van der Waals surface area contributed by atoms with Crippen LogP contribution >= 0.6 is 0 Å². The summed E-state index contributed by atoms with van der Waals surface area (Å²) in [6.07, 6.45) is -0.683. The molecule has 1 aliphatic heterocycles. The Morgan fingerprint density at radius 3 is 2.41 bits per heavy atom. The minimum absolute atomic E-state index is 0.00265. The largest absolute Gasteiger partial charge is 0.506 e. The number of ether oxygens (including phenoxy) is 1. The van der Waals surface area contributed by atoms with E-state index in [1.54, 1.807) is 6.07 Å². The fourth-order valence-electron chi connectivity index (χ4n) is 3.76. The fourth-order valence-corrected chi connectivity index (χ4v) is 3.76. The second kappa shape index (κ2) is 11.6. The maximum absolute atomic E-state index is 13.6. The van der Waals surface area contributed by atoms with Gasteiger partial charge in [-0.15, -0.1) is 10.2 Å². The zero-order chi connectivity index (χ0) is 28.0. The lowest BCUT2D eigenvalue weighted by atomic mass is 10.0. The molecular formula is C27H22F3N5O4. The van der Waals surface area contributed by atoms with Gasteiger partial charge in [0.15, 0.2) is 11.5 Å². The molecule has 0 radical (unpaired) electrons. The van der Waals surface area contributed by atoms with E-state index < -0.39 is 23.6 Å². The summed E-state index contributed by atoms with van der Waals surface area (Å²) in [6.45, 7) is 4.70. The van der Waals surface area contributed by atoms with Gasteiger partial charge in [0.1, 0.15) is 12.4 Å². The molecule has 0 bridgehead atoms.